The van der Waals surface area contributed by atoms with Gasteiger partial charge in [-0.1, -0.05) is 170 Å². The van der Waals surface area contributed by atoms with E-state index in [1.807, 2.05) is 0 Å². The fourth-order valence-electron chi connectivity index (χ4n) is 8.36. The maximum atomic E-state index is 7.22. The maximum absolute atomic E-state index is 7.22. The number of halogens is 6. The average molecular weight is 908 g/mol. The first-order valence-corrected chi connectivity index (χ1v) is 21.0. The summed E-state index contributed by atoms with van der Waals surface area (Å²) in [5.41, 5.74) is 11.0. The third-order valence-corrected chi connectivity index (χ3v) is 17.1. The predicted octanol–water partition coefficient (Wildman–Crippen LogP) is 2.76. The molecule has 7 rings (SSSR count). The van der Waals surface area contributed by atoms with E-state index < -0.39 is 13.1 Å². The van der Waals surface area contributed by atoms with E-state index in [9.17, 15) is 0 Å². The monoisotopic (exact) mass is 904 g/mol. The second kappa shape index (κ2) is 20.4. The van der Waals surface area contributed by atoms with E-state index >= 15 is 0 Å². The van der Waals surface area contributed by atoms with Crippen molar-refractivity contribution in [3.8, 4) is 0 Å². The molecule has 0 nitrogen and oxygen atoms in total. The van der Waals surface area contributed by atoms with Crippen LogP contribution in [-0.2, 0) is 41.0 Å². The van der Waals surface area contributed by atoms with Crippen molar-refractivity contribution in [3.63, 3.8) is 0 Å². The van der Waals surface area contributed by atoms with Crippen LogP contribution >= 0.6 is 34.8 Å². The van der Waals surface area contributed by atoms with Gasteiger partial charge in [-0.2, -0.15) is 11.1 Å². The normalized spacial score (nSPS) is 14.8. The third-order valence-electron chi connectivity index (χ3n) is 11.0. The summed E-state index contributed by atoms with van der Waals surface area (Å²) in [7, 11) is -3.24. The van der Waals surface area contributed by atoms with Crippen molar-refractivity contribution in [2.45, 2.75) is 52.0 Å². The van der Waals surface area contributed by atoms with E-state index in [2.05, 4.69) is 179 Å². The minimum absolute atomic E-state index is 0. The standard InChI is InChI=1S/C48H42Cl3Si.3ClH.Ti/c1-33-32-48(4,35(3)34(33)2)52(45-26-39(23-42(49)29-45)20-36-14-8-5-9-15-36,46-27-40(24-43(50)30-46)21-37-16-10-6-11-17-37)47-28-41(25-44(51)31-47)22-38-18-12-7-13-19-38;;;;/h5-19,23-31H,20-22H2,1-4H3;3*1H;/q-1;;;;+4/p-3. The molecular weight excluding hydrogens is 865 g/mol. The summed E-state index contributed by atoms with van der Waals surface area (Å²) in [5.74, 6) is 0. The maximum Gasteiger partial charge on any atom is 4.00 e. The number of hydrogen-bond donors (Lipinski definition) is 0. The fraction of sp³-hybridized carbons (Fsp3) is 0.167. The van der Waals surface area contributed by atoms with Gasteiger partial charge in [0.05, 0.1) is 0 Å². The minimum atomic E-state index is -3.24. The summed E-state index contributed by atoms with van der Waals surface area (Å²) in [4.78, 5) is 0. The molecule has 0 saturated heterocycles. The molecule has 0 spiro atoms. The van der Waals surface area contributed by atoms with Crippen molar-refractivity contribution in [2.75, 3.05) is 0 Å². The molecule has 0 bridgehead atoms. The van der Waals surface area contributed by atoms with Crippen LogP contribution in [0.4, 0.5) is 0 Å². The van der Waals surface area contributed by atoms with Gasteiger partial charge in [0.25, 0.3) is 0 Å². The molecule has 56 heavy (non-hydrogen) atoms. The van der Waals surface area contributed by atoms with Gasteiger partial charge in [-0.25, -0.2) is 5.57 Å². The Morgan fingerprint density at radius 1 is 0.464 bits per heavy atom. The molecule has 284 valence electrons. The van der Waals surface area contributed by atoms with Crippen molar-refractivity contribution >= 4 is 58.4 Å². The van der Waals surface area contributed by atoms with Crippen LogP contribution in [0.15, 0.2) is 162 Å². The van der Waals surface area contributed by atoms with Crippen LogP contribution in [0.3, 0.4) is 0 Å². The number of benzene rings is 6. The Kier molecular flexibility index (Phi) is 17.5. The summed E-state index contributed by atoms with van der Waals surface area (Å²) in [6.45, 7) is 9.11. The van der Waals surface area contributed by atoms with E-state index in [0.29, 0.717) is 0 Å². The van der Waals surface area contributed by atoms with Crippen molar-refractivity contribution in [1.82, 2.24) is 0 Å². The van der Waals surface area contributed by atoms with Gasteiger partial charge in [0.15, 0.2) is 0 Å². The first kappa shape index (κ1) is 47.8. The first-order valence-electron chi connectivity index (χ1n) is 17.9. The largest absolute Gasteiger partial charge is 4.00 e. The predicted molar refractivity (Wildman–Crippen MR) is 226 cm³/mol. The second-order valence-corrected chi connectivity index (χ2v) is 19.9. The molecule has 0 N–H and O–H groups in total. The van der Waals surface area contributed by atoms with Crippen LogP contribution in [-0.4, -0.2) is 8.07 Å². The summed E-state index contributed by atoms with van der Waals surface area (Å²) in [6.07, 6.45) is 6.42. The van der Waals surface area contributed by atoms with E-state index in [4.69, 9.17) is 34.8 Å². The molecular formula is C48H42Cl6SiTi. The number of allylic oxidation sites excluding steroid dienone is 4. The van der Waals surface area contributed by atoms with Gasteiger partial charge in [0.2, 0.25) is 0 Å². The zero-order valence-corrected chi connectivity index (χ0v) is 38.8. The summed E-state index contributed by atoms with van der Waals surface area (Å²) >= 11 is 21.6. The minimum Gasteiger partial charge on any atom is -1.00 e. The smallest absolute Gasteiger partial charge is 1.00 e. The molecule has 0 aromatic heterocycles. The Morgan fingerprint density at radius 2 is 0.768 bits per heavy atom. The fourth-order valence-corrected chi connectivity index (χ4v) is 15.6. The number of rotatable bonds is 10. The molecule has 6 aromatic rings. The van der Waals surface area contributed by atoms with Gasteiger partial charge < -0.3 is 37.2 Å². The van der Waals surface area contributed by atoms with Crippen LogP contribution in [0, 0.1) is 6.08 Å². The Morgan fingerprint density at radius 3 is 1.04 bits per heavy atom. The van der Waals surface area contributed by atoms with Gasteiger partial charge in [-0.15, -0.1) is 6.92 Å². The summed E-state index contributed by atoms with van der Waals surface area (Å²) < 4.78 is 0. The molecule has 0 heterocycles. The quantitative estimate of drug-likeness (QED) is 0.113. The molecule has 1 unspecified atom stereocenters. The third kappa shape index (κ3) is 9.83. The van der Waals surface area contributed by atoms with E-state index in [-0.39, 0.29) is 58.9 Å². The van der Waals surface area contributed by atoms with Crippen LogP contribution in [0.1, 0.15) is 61.1 Å². The van der Waals surface area contributed by atoms with Crippen LogP contribution in [0.25, 0.3) is 0 Å². The molecule has 0 aliphatic heterocycles. The average Bonchev–Trinajstić information content (AvgIpc) is 3.31. The Hall–Kier alpha value is -2.53. The van der Waals surface area contributed by atoms with Crippen LogP contribution in [0.5, 0.6) is 0 Å². The van der Waals surface area contributed by atoms with Crippen molar-refractivity contribution in [2.24, 2.45) is 0 Å². The van der Waals surface area contributed by atoms with E-state index in [1.54, 1.807) is 0 Å². The number of hydrogen-bond acceptors (Lipinski definition) is 0. The van der Waals surface area contributed by atoms with Crippen molar-refractivity contribution in [3.05, 3.63) is 217 Å². The molecule has 1 atom stereocenters. The zero-order valence-electron chi connectivity index (χ0n) is 31.7. The van der Waals surface area contributed by atoms with Gasteiger partial charge in [-0.3, -0.25) is 6.08 Å². The van der Waals surface area contributed by atoms with Gasteiger partial charge in [0, 0.05) is 15.1 Å². The Bertz CT molecular complexity index is 2090. The van der Waals surface area contributed by atoms with Crippen LogP contribution < -0.4 is 52.8 Å². The molecule has 0 saturated carbocycles. The molecule has 0 fully saturated rings. The molecule has 1 aliphatic carbocycles. The SMILES string of the molecule is CC1=[C-]C(C)([Si](c2cc(Cl)cc(Cc3ccccc3)c2)(c2cc(Cl)cc(Cc3ccccc3)c2)c2cc(Cl)cc(Cc3ccccc3)c2)C(C)=C1C.[Cl-].[Cl-].[Cl-].[Ti+4]. The molecule has 1 aliphatic rings. The summed E-state index contributed by atoms with van der Waals surface area (Å²) in [6, 6.07) is 52.0. The zero-order chi connectivity index (χ0) is 36.5. The molecule has 8 heteroatoms. The molecule has 0 amide bonds. The second-order valence-electron chi connectivity index (χ2n) is 14.4. The summed E-state index contributed by atoms with van der Waals surface area (Å²) in [5, 5.41) is 5.30. The topological polar surface area (TPSA) is 0 Å². The van der Waals surface area contributed by atoms with E-state index in [1.165, 1.54) is 65.7 Å². The first-order chi connectivity index (χ1) is 25.0. The van der Waals surface area contributed by atoms with E-state index in [0.717, 1.165) is 34.3 Å². The van der Waals surface area contributed by atoms with Gasteiger partial charge in [0.1, 0.15) is 8.07 Å². The van der Waals surface area contributed by atoms with Gasteiger partial charge >= 0.3 is 21.7 Å². The van der Waals surface area contributed by atoms with Crippen molar-refractivity contribution in [1.29, 1.82) is 0 Å². The molecule has 0 radical (unpaired) electrons. The Balaban J connectivity index is 0.00000210. The van der Waals surface area contributed by atoms with Crippen LogP contribution in [0.2, 0.25) is 20.1 Å². The van der Waals surface area contributed by atoms with Crippen molar-refractivity contribution < 1.29 is 58.9 Å². The van der Waals surface area contributed by atoms with Gasteiger partial charge in [-0.05, 0) is 105 Å². The molecule has 6 aromatic carbocycles. The Labute approximate surface area is 382 Å².